The van der Waals surface area contributed by atoms with Gasteiger partial charge in [-0.1, -0.05) is 0 Å². The molecule has 0 saturated carbocycles. The summed E-state index contributed by atoms with van der Waals surface area (Å²) in [6.07, 6.45) is 0.776. The van der Waals surface area contributed by atoms with Crippen molar-refractivity contribution in [2.75, 3.05) is 13.1 Å². The molecule has 1 N–H and O–H groups in total. The maximum Gasteiger partial charge on any atom is 0.410 e. The lowest BCUT2D eigenvalue weighted by Crippen LogP contribution is -2.42. The van der Waals surface area contributed by atoms with E-state index in [0.29, 0.717) is 6.54 Å². The molecule has 1 rings (SSSR count). The SMILES string of the molecule is CCN(CCn1cn[nH]c(=O)c1=O)C(=O)OC(C)(C)C. The van der Waals surface area contributed by atoms with Crippen molar-refractivity contribution in [3.63, 3.8) is 0 Å². The van der Waals surface area contributed by atoms with Crippen molar-refractivity contribution in [1.82, 2.24) is 19.7 Å². The van der Waals surface area contributed by atoms with Gasteiger partial charge in [0.05, 0.1) is 0 Å². The van der Waals surface area contributed by atoms with Crippen molar-refractivity contribution in [3.05, 3.63) is 27.0 Å². The topological polar surface area (TPSA) is 97.3 Å². The quantitative estimate of drug-likeness (QED) is 0.796. The number of nitrogens with one attached hydrogen (secondary N) is 1. The average Bonchev–Trinajstić information content (AvgIpc) is 2.32. The molecule has 0 aromatic carbocycles. The van der Waals surface area contributed by atoms with E-state index in [1.807, 2.05) is 6.92 Å². The van der Waals surface area contributed by atoms with Crippen LogP contribution in [-0.4, -0.2) is 44.4 Å². The monoisotopic (exact) mass is 284 g/mol. The molecule has 1 heterocycles. The van der Waals surface area contributed by atoms with Crippen molar-refractivity contribution in [1.29, 1.82) is 0 Å². The lowest BCUT2D eigenvalue weighted by Gasteiger charge is -2.26. The van der Waals surface area contributed by atoms with Gasteiger partial charge in [-0.25, -0.2) is 9.89 Å². The van der Waals surface area contributed by atoms with Gasteiger partial charge in [-0.15, -0.1) is 0 Å². The van der Waals surface area contributed by atoms with Crippen LogP contribution < -0.4 is 11.1 Å². The van der Waals surface area contributed by atoms with E-state index >= 15 is 0 Å². The average molecular weight is 284 g/mol. The van der Waals surface area contributed by atoms with E-state index < -0.39 is 22.8 Å². The number of H-pyrrole nitrogens is 1. The molecule has 1 aromatic rings. The second kappa shape index (κ2) is 6.36. The maximum atomic E-state index is 11.9. The third-order valence-electron chi connectivity index (χ3n) is 2.46. The van der Waals surface area contributed by atoms with Crippen LogP contribution in [0.5, 0.6) is 0 Å². The molecular formula is C12H20N4O4. The molecular weight excluding hydrogens is 264 g/mol. The molecule has 0 unspecified atom stereocenters. The zero-order chi connectivity index (χ0) is 15.3. The summed E-state index contributed by atoms with van der Waals surface area (Å²) in [5.74, 6) is 0. The number of aromatic amines is 1. The second-order valence-electron chi connectivity index (χ2n) is 5.24. The largest absolute Gasteiger partial charge is 0.444 e. The van der Waals surface area contributed by atoms with Gasteiger partial charge in [0, 0.05) is 19.6 Å². The Morgan fingerprint density at radius 2 is 2.10 bits per heavy atom. The zero-order valence-electron chi connectivity index (χ0n) is 12.2. The molecule has 0 fully saturated rings. The molecule has 0 aliphatic carbocycles. The van der Waals surface area contributed by atoms with Gasteiger partial charge in [-0.3, -0.25) is 14.2 Å². The van der Waals surface area contributed by atoms with Gasteiger partial charge in [-0.05, 0) is 27.7 Å². The van der Waals surface area contributed by atoms with E-state index in [1.54, 1.807) is 20.8 Å². The highest BCUT2D eigenvalue weighted by molar-refractivity contribution is 5.68. The summed E-state index contributed by atoms with van der Waals surface area (Å²) in [5, 5.41) is 5.60. The normalized spacial score (nSPS) is 11.2. The van der Waals surface area contributed by atoms with Crippen molar-refractivity contribution in [2.24, 2.45) is 0 Å². The number of rotatable bonds is 4. The lowest BCUT2D eigenvalue weighted by atomic mass is 10.2. The molecule has 1 amide bonds. The minimum absolute atomic E-state index is 0.183. The number of likely N-dealkylation sites (N-methyl/N-ethyl adjacent to an activating group) is 1. The number of hydrogen-bond acceptors (Lipinski definition) is 5. The number of aromatic nitrogens is 3. The summed E-state index contributed by atoms with van der Waals surface area (Å²) in [7, 11) is 0. The van der Waals surface area contributed by atoms with Gasteiger partial charge in [0.2, 0.25) is 0 Å². The van der Waals surface area contributed by atoms with Crippen LogP contribution in [0.1, 0.15) is 27.7 Å². The highest BCUT2D eigenvalue weighted by Crippen LogP contribution is 2.09. The Balaban J connectivity index is 2.71. The van der Waals surface area contributed by atoms with Crippen molar-refractivity contribution < 1.29 is 9.53 Å². The molecule has 0 spiro atoms. The number of carbonyl (C=O) groups excluding carboxylic acids is 1. The number of ether oxygens (including phenoxy) is 1. The second-order valence-corrected chi connectivity index (χ2v) is 5.24. The molecule has 0 atom stereocenters. The smallest absolute Gasteiger partial charge is 0.410 e. The molecule has 20 heavy (non-hydrogen) atoms. The zero-order valence-corrected chi connectivity index (χ0v) is 12.2. The van der Waals surface area contributed by atoms with E-state index in [4.69, 9.17) is 4.74 Å². The van der Waals surface area contributed by atoms with E-state index in [-0.39, 0.29) is 13.1 Å². The van der Waals surface area contributed by atoms with Crippen molar-refractivity contribution in [2.45, 2.75) is 39.8 Å². The molecule has 0 aliphatic heterocycles. The number of nitrogens with zero attached hydrogens (tertiary/aromatic N) is 3. The van der Waals surface area contributed by atoms with Crippen LogP contribution in [-0.2, 0) is 11.3 Å². The standard InChI is InChI=1S/C12H20N4O4/c1-5-15(11(19)20-12(2,3)4)6-7-16-8-13-14-9(17)10(16)18/h8H,5-7H2,1-4H3,(H,14,17). The Morgan fingerprint density at radius 3 is 2.65 bits per heavy atom. The van der Waals surface area contributed by atoms with Crippen molar-refractivity contribution >= 4 is 6.09 Å². The number of carbonyl (C=O) groups is 1. The number of hydrogen-bond donors (Lipinski definition) is 1. The predicted molar refractivity (Wildman–Crippen MR) is 72.6 cm³/mol. The summed E-state index contributed by atoms with van der Waals surface area (Å²) in [6.45, 7) is 8.04. The highest BCUT2D eigenvalue weighted by Gasteiger charge is 2.20. The summed E-state index contributed by atoms with van der Waals surface area (Å²) in [4.78, 5) is 36.0. The minimum atomic E-state index is -0.784. The maximum absolute atomic E-state index is 11.9. The summed E-state index contributed by atoms with van der Waals surface area (Å²) in [5.41, 5.74) is -2.06. The fourth-order valence-electron chi connectivity index (χ4n) is 1.48. The van der Waals surface area contributed by atoms with Crippen LogP contribution >= 0.6 is 0 Å². The molecule has 0 bridgehead atoms. The molecule has 112 valence electrons. The van der Waals surface area contributed by atoms with Crippen LogP contribution in [0.15, 0.2) is 15.9 Å². The number of amides is 1. The van der Waals surface area contributed by atoms with E-state index in [9.17, 15) is 14.4 Å². The minimum Gasteiger partial charge on any atom is -0.444 e. The van der Waals surface area contributed by atoms with Gasteiger partial charge in [0.1, 0.15) is 11.9 Å². The van der Waals surface area contributed by atoms with Crippen LogP contribution in [0.3, 0.4) is 0 Å². The Hall–Kier alpha value is -2.12. The Morgan fingerprint density at radius 1 is 1.45 bits per heavy atom. The first-order chi connectivity index (χ1) is 9.24. The van der Waals surface area contributed by atoms with E-state index in [2.05, 4.69) is 10.2 Å². The van der Waals surface area contributed by atoms with Gasteiger partial charge < -0.3 is 9.64 Å². The molecule has 0 saturated heterocycles. The lowest BCUT2D eigenvalue weighted by molar-refractivity contribution is 0.0253. The third-order valence-corrected chi connectivity index (χ3v) is 2.46. The van der Waals surface area contributed by atoms with Gasteiger partial charge >= 0.3 is 17.2 Å². The predicted octanol–water partition coefficient (Wildman–Crippen LogP) is 0.189. The summed E-state index contributed by atoms with van der Waals surface area (Å²) >= 11 is 0. The first kappa shape index (κ1) is 15.9. The molecule has 8 heteroatoms. The van der Waals surface area contributed by atoms with Gasteiger partial charge in [0.25, 0.3) is 0 Å². The fraction of sp³-hybridized carbons (Fsp3) is 0.667. The summed E-state index contributed by atoms with van der Waals surface area (Å²) < 4.78 is 6.41. The van der Waals surface area contributed by atoms with Crippen LogP contribution in [0, 0.1) is 0 Å². The molecule has 1 aromatic heterocycles. The van der Waals surface area contributed by atoms with Gasteiger partial charge in [0.15, 0.2) is 0 Å². The molecule has 8 nitrogen and oxygen atoms in total. The molecule has 0 radical (unpaired) electrons. The van der Waals surface area contributed by atoms with Gasteiger partial charge in [-0.2, -0.15) is 5.10 Å². The van der Waals surface area contributed by atoms with E-state index in [1.165, 1.54) is 11.2 Å². The van der Waals surface area contributed by atoms with Crippen molar-refractivity contribution in [3.8, 4) is 0 Å². The van der Waals surface area contributed by atoms with E-state index in [0.717, 1.165) is 4.57 Å². The fourth-order valence-corrected chi connectivity index (χ4v) is 1.48. The molecule has 0 aliphatic rings. The highest BCUT2D eigenvalue weighted by atomic mass is 16.6. The van der Waals surface area contributed by atoms with Crippen LogP contribution in [0.4, 0.5) is 4.79 Å². The van der Waals surface area contributed by atoms with Crippen LogP contribution in [0.25, 0.3) is 0 Å². The first-order valence-electron chi connectivity index (χ1n) is 6.36. The Kier molecular flexibility index (Phi) is 5.06. The van der Waals surface area contributed by atoms with Crippen LogP contribution in [0.2, 0.25) is 0 Å². The first-order valence-corrected chi connectivity index (χ1v) is 6.36. The third kappa shape index (κ3) is 4.52. The summed E-state index contributed by atoms with van der Waals surface area (Å²) in [6, 6.07) is 0. The Bertz CT molecular complexity index is 570. The Labute approximate surface area is 116 Å².